The molecule has 3 saturated heterocycles. The molecule has 3 fully saturated rings. The van der Waals surface area contributed by atoms with Crippen LogP contribution in [0.1, 0.15) is 47.2 Å². The molecule has 3 aliphatic heterocycles. The van der Waals surface area contributed by atoms with E-state index in [0.29, 0.717) is 0 Å². The van der Waals surface area contributed by atoms with Gasteiger partial charge in [-0.2, -0.15) is 0 Å². The van der Waals surface area contributed by atoms with Gasteiger partial charge >= 0.3 is 11.9 Å². The minimum absolute atomic E-state index is 0.00815. The van der Waals surface area contributed by atoms with Gasteiger partial charge in [-0.05, 0) is 33.4 Å². The lowest BCUT2D eigenvalue weighted by molar-refractivity contribution is -0.399. The van der Waals surface area contributed by atoms with Crippen LogP contribution in [0.25, 0.3) is 0 Å². The highest BCUT2D eigenvalue weighted by Crippen LogP contribution is 2.38. The van der Waals surface area contributed by atoms with Gasteiger partial charge in [0.05, 0.1) is 72.7 Å². The SMILES string of the molecule is C=CCO[C@H]1[C@@H](O[C@H]2O[C@H](COCc3ccccc3)[C@@H](OCc3ccccc3)[C@H](OCc3ccccc3)[C@@H]2OC(C)=O)[C@@H](O[C@H]2O[C@H](COCc3ccccc3)[C@@H](OCc3ccccc3)[C@H](OCc3ccccc3)[C@@H]2OC(C)=O)OC[C@@H]1OCC=C. The predicted molar refractivity (Wildman–Crippen MR) is 316 cm³/mol. The maximum atomic E-state index is 13.5. The summed E-state index contributed by atoms with van der Waals surface area (Å²) in [6.45, 7) is 11.5. The van der Waals surface area contributed by atoms with Gasteiger partial charge in [-0.25, -0.2) is 0 Å². The zero-order valence-electron chi connectivity index (χ0n) is 48.7. The molecule has 0 spiro atoms. The van der Waals surface area contributed by atoms with E-state index in [9.17, 15) is 9.59 Å². The van der Waals surface area contributed by atoms with Gasteiger partial charge in [-0.15, -0.1) is 13.2 Å². The highest BCUT2D eigenvalue weighted by Gasteiger charge is 2.56. The van der Waals surface area contributed by atoms with E-state index < -0.39 is 98.0 Å². The molecule has 9 rings (SSSR count). The smallest absolute Gasteiger partial charge is 0.303 e. The molecule has 0 aromatic heterocycles. The average Bonchev–Trinajstić information content (AvgIpc) is 1.48. The summed E-state index contributed by atoms with van der Waals surface area (Å²) in [6.07, 6.45) is -12.5. The Balaban J connectivity index is 1.10. The Bertz CT molecular complexity index is 2910. The van der Waals surface area contributed by atoms with Gasteiger partial charge in [-0.1, -0.05) is 194 Å². The number of hydrogen-bond donors (Lipinski definition) is 0. The molecular formula is C69H78O17. The fourth-order valence-electron chi connectivity index (χ4n) is 10.5. The van der Waals surface area contributed by atoms with Crippen molar-refractivity contribution in [3.05, 3.63) is 241 Å². The minimum atomic E-state index is -1.46. The number of esters is 2. The lowest BCUT2D eigenvalue weighted by Crippen LogP contribution is -2.66. The molecule has 17 nitrogen and oxygen atoms in total. The van der Waals surface area contributed by atoms with Gasteiger partial charge in [0.1, 0.15) is 54.9 Å². The minimum Gasteiger partial charge on any atom is -0.454 e. The molecular weight excluding hydrogens is 1100 g/mol. The lowest BCUT2D eigenvalue weighted by Gasteiger charge is -2.50. The molecule has 86 heavy (non-hydrogen) atoms. The summed E-state index contributed by atoms with van der Waals surface area (Å²) in [7, 11) is 0. The van der Waals surface area contributed by atoms with E-state index in [1.165, 1.54) is 13.8 Å². The molecule has 0 saturated carbocycles. The first-order chi connectivity index (χ1) is 42.2. The molecule has 6 aromatic rings. The van der Waals surface area contributed by atoms with E-state index in [1.807, 2.05) is 182 Å². The molecule has 6 aromatic carbocycles. The van der Waals surface area contributed by atoms with Crippen molar-refractivity contribution in [1.29, 1.82) is 0 Å². The van der Waals surface area contributed by atoms with Crippen LogP contribution < -0.4 is 0 Å². The lowest BCUT2D eigenvalue weighted by atomic mass is 9.97. The first kappa shape index (κ1) is 63.7. The van der Waals surface area contributed by atoms with Gasteiger partial charge in [-0.3, -0.25) is 9.59 Å². The van der Waals surface area contributed by atoms with Crippen LogP contribution in [0.5, 0.6) is 0 Å². The van der Waals surface area contributed by atoms with Crippen LogP contribution in [-0.4, -0.2) is 131 Å². The maximum Gasteiger partial charge on any atom is 0.303 e. The summed E-state index contributed by atoms with van der Waals surface area (Å²) < 4.78 is 101. The molecule has 17 heteroatoms. The van der Waals surface area contributed by atoms with Crippen LogP contribution in [0, 0.1) is 0 Å². The van der Waals surface area contributed by atoms with Crippen molar-refractivity contribution in [2.24, 2.45) is 0 Å². The van der Waals surface area contributed by atoms with Crippen LogP contribution in [0.3, 0.4) is 0 Å². The normalized spacial score (nSPS) is 26.5. The summed E-state index contributed by atoms with van der Waals surface area (Å²) in [4.78, 5) is 27.0. The Morgan fingerprint density at radius 2 is 0.733 bits per heavy atom. The third-order valence-corrected chi connectivity index (χ3v) is 14.5. The molecule has 0 N–H and O–H groups in total. The summed E-state index contributed by atoms with van der Waals surface area (Å²) in [5.41, 5.74) is 5.35. The molecule has 0 aliphatic carbocycles. The Morgan fingerprint density at radius 1 is 0.395 bits per heavy atom. The van der Waals surface area contributed by atoms with Gasteiger partial charge in [0.15, 0.2) is 24.8 Å². The monoisotopic (exact) mass is 1180 g/mol. The molecule has 456 valence electrons. The predicted octanol–water partition coefficient (Wildman–Crippen LogP) is 9.98. The number of carbonyl (C=O) groups excluding carboxylic acids is 2. The Labute approximate surface area is 503 Å². The molecule has 0 unspecified atom stereocenters. The number of hydrogen-bond acceptors (Lipinski definition) is 17. The first-order valence-electron chi connectivity index (χ1n) is 29.1. The quantitative estimate of drug-likeness (QED) is 0.0288. The van der Waals surface area contributed by atoms with Crippen molar-refractivity contribution in [1.82, 2.24) is 0 Å². The van der Waals surface area contributed by atoms with Crippen molar-refractivity contribution in [2.45, 2.75) is 140 Å². The molecule has 14 atom stereocenters. The summed E-state index contributed by atoms with van der Waals surface area (Å²) in [5.74, 6) is -1.29. The molecule has 0 amide bonds. The average molecular weight is 1180 g/mol. The van der Waals surface area contributed by atoms with E-state index in [-0.39, 0.29) is 72.7 Å². The molecule has 0 bridgehead atoms. The second kappa shape index (κ2) is 33.9. The number of benzene rings is 6. The third-order valence-electron chi connectivity index (χ3n) is 14.5. The van der Waals surface area contributed by atoms with Crippen LogP contribution >= 0.6 is 0 Å². The fraction of sp³-hybridized carbons (Fsp3) is 0.391. The number of rotatable bonds is 32. The van der Waals surface area contributed by atoms with Gasteiger partial charge in [0.25, 0.3) is 0 Å². The van der Waals surface area contributed by atoms with Gasteiger partial charge in [0, 0.05) is 13.8 Å². The maximum absolute atomic E-state index is 13.5. The van der Waals surface area contributed by atoms with Crippen molar-refractivity contribution in [3.8, 4) is 0 Å². The number of carbonyl (C=O) groups is 2. The van der Waals surface area contributed by atoms with E-state index in [0.717, 1.165) is 33.4 Å². The highest BCUT2D eigenvalue weighted by molar-refractivity contribution is 5.66. The largest absolute Gasteiger partial charge is 0.454 e. The Kier molecular flexibility index (Phi) is 25.1. The highest BCUT2D eigenvalue weighted by atomic mass is 16.8. The number of ether oxygens (including phenoxy) is 15. The summed E-state index contributed by atoms with van der Waals surface area (Å²) in [5, 5.41) is 0. The molecule has 3 heterocycles. The van der Waals surface area contributed by atoms with Crippen LogP contribution in [-0.2, 0) is 120 Å². The second-order valence-electron chi connectivity index (χ2n) is 21.0. The van der Waals surface area contributed by atoms with Gasteiger partial charge < -0.3 is 71.1 Å². The Hall–Kier alpha value is -6.78. The van der Waals surface area contributed by atoms with Crippen LogP contribution in [0.2, 0.25) is 0 Å². The standard InChI is InChI=1S/C69H78O17/c1-5-37-74-56-47-80-67(86-69-66(82-49(4)71)63(79-44-55-35-23-12-24-36-55)61(77-42-53-31-19-10-20-32-53)58(84-69)46-73-40-51-27-15-8-16-28-51)64(59(56)75-38-6-2)85-68-65(81-48(3)70)62(78-43-54-33-21-11-22-34-54)60(76-41-52-29-17-9-18-30-52)57(83-68)45-72-39-50-25-13-7-14-26-50/h5-36,56-69H,1-2,37-47H2,3-4H3/t56-,57+,58+,59+,60+,61+,62-,63-,64+,65-,66-,67+,68+,69+/m0/s1. The van der Waals surface area contributed by atoms with Crippen molar-refractivity contribution in [2.75, 3.05) is 33.0 Å². The van der Waals surface area contributed by atoms with E-state index in [4.69, 9.17) is 71.1 Å². The first-order valence-corrected chi connectivity index (χ1v) is 29.1. The van der Waals surface area contributed by atoms with E-state index in [2.05, 4.69) is 13.2 Å². The topological polar surface area (TPSA) is 173 Å². The van der Waals surface area contributed by atoms with Crippen LogP contribution in [0.15, 0.2) is 207 Å². The van der Waals surface area contributed by atoms with Crippen LogP contribution in [0.4, 0.5) is 0 Å². The third kappa shape index (κ3) is 18.9. The van der Waals surface area contributed by atoms with E-state index >= 15 is 0 Å². The Morgan fingerprint density at radius 3 is 1.09 bits per heavy atom. The second-order valence-corrected chi connectivity index (χ2v) is 21.0. The van der Waals surface area contributed by atoms with Crippen molar-refractivity contribution in [3.63, 3.8) is 0 Å². The molecule has 0 radical (unpaired) electrons. The zero-order chi connectivity index (χ0) is 59.7. The van der Waals surface area contributed by atoms with Crippen molar-refractivity contribution >= 4 is 11.9 Å². The molecule has 3 aliphatic rings. The fourth-order valence-corrected chi connectivity index (χ4v) is 10.5. The van der Waals surface area contributed by atoms with Gasteiger partial charge in [0.2, 0.25) is 6.29 Å². The van der Waals surface area contributed by atoms with E-state index in [1.54, 1.807) is 12.2 Å². The summed E-state index contributed by atoms with van der Waals surface area (Å²) >= 11 is 0. The zero-order valence-corrected chi connectivity index (χ0v) is 48.7. The summed E-state index contributed by atoms with van der Waals surface area (Å²) in [6, 6.07) is 58.1. The van der Waals surface area contributed by atoms with Crippen molar-refractivity contribution < 1.29 is 80.6 Å².